The zero-order chi connectivity index (χ0) is 18.4. The summed E-state index contributed by atoms with van der Waals surface area (Å²) >= 11 is 0. The van der Waals surface area contributed by atoms with Crippen molar-refractivity contribution in [3.63, 3.8) is 0 Å². The van der Waals surface area contributed by atoms with Gasteiger partial charge in [-0.3, -0.25) is 4.79 Å². The van der Waals surface area contributed by atoms with Crippen molar-refractivity contribution < 1.29 is 9.90 Å². The van der Waals surface area contributed by atoms with Gasteiger partial charge in [-0.05, 0) is 23.5 Å². The Morgan fingerprint density at radius 3 is 2.20 bits per heavy atom. The number of carbonyl (C=O) groups is 1. The fourth-order valence-corrected chi connectivity index (χ4v) is 2.76. The molecule has 0 aliphatic carbocycles. The Hall–Kier alpha value is -1.97. The first-order valence-corrected chi connectivity index (χ1v) is 8.89. The Morgan fingerprint density at radius 2 is 1.64 bits per heavy atom. The van der Waals surface area contributed by atoms with Crippen molar-refractivity contribution in [2.45, 2.75) is 51.7 Å². The SMILES string of the molecule is CC(NCCC(=O)c1ccc(C(C)(C)C)cc1)C(O)c1ccccc1. The lowest BCUT2D eigenvalue weighted by atomic mass is 9.86. The highest BCUT2D eigenvalue weighted by Gasteiger charge is 2.17. The summed E-state index contributed by atoms with van der Waals surface area (Å²) in [4.78, 5) is 12.3. The van der Waals surface area contributed by atoms with E-state index in [4.69, 9.17) is 0 Å². The van der Waals surface area contributed by atoms with E-state index >= 15 is 0 Å². The zero-order valence-electron chi connectivity index (χ0n) is 15.6. The van der Waals surface area contributed by atoms with Crippen molar-refractivity contribution in [2.24, 2.45) is 0 Å². The summed E-state index contributed by atoms with van der Waals surface area (Å²) in [5.74, 6) is 0.120. The van der Waals surface area contributed by atoms with Gasteiger partial charge in [0.2, 0.25) is 0 Å². The number of Topliss-reactive ketones (excluding diaryl/α,β-unsaturated/α-hetero) is 1. The van der Waals surface area contributed by atoms with Crippen LogP contribution in [-0.4, -0.2) is 23.5 Å². The summed E-state index contributed by atoms with van der Waals surface area (Å²) in [7, 11) is 0. The Bertz CT molecular complexity index is 671. The molecular weight excluding hydrogens is 310 g/mol. The van der Waals surface area contributed by atoms with Gasteiger partial charge in [0.15, 0.2) is 5.78 Å². The molecule has 0 aliphatic rings. The second-order valence-corrected chi connectivity index (χ2v) is 7.60. The van der Waals surface area contributed by atoms with E-state index in [1.54, 1.807) is 0 Å². The molecule has 2 unspecified atom stereocenters. The van der Waals surface area contributed by atoms with E-state index < -0.39 is 6.10 Å². The maximum atomic E-state index is 12.3. The second kappa shape index (κ2) is 8.41. The summed E-state index contributed by atoms with van der Waals surface area (Å²) < 4.78 is 0. The average Bonchev–Trinajstić information content (AvgIpc) is 2.61. The quantitative estimate of drug-likeness (QED) is 0.741. The molecule has 2 atom stereocenters. The lowest BCUT2D eigenvalue weighted by Gasteiger charge is -2.20. The largest absolute Gasteiger partial charge is 0.387 e. The van der Waals surface area contributed by atoms with E-state index in [1.165, 1.54) is 5.56 Å². The molecule has 0 heterocycles. The van der Waals surface area contributed by atoms with Gasteiger partial charge in [0.1, 0.15) is 0 Å². The molecule has 2 aromatic rings. The Balaban J connectivity index is 1.84. The summed E-state index contributed by atoms with van der Waals surface area (Å²) in [5, 5.41) is 13.6. The first-order valence-electron chi connectivity index (χ1n) is 8.89. The fraction of sp³-hybridized carbons (Fsp3) is 0.409. The van der Waals surface area contributed by atoms with Crippen LogP contribution in [-0.2, 0) is 5.41 Å². The van der Waals surface area contributed by atoms with Gasteiger partial charge < -0.3 is 10.4 Å². The number of carbonyl (C=O) groups excluding carboxylic acids is 1. The van der Waals surface area contributed by atoms with Crippen LogP contribution in [0.4, 0.5) is 0 Å². The van der Waals surface area contributed by atoms with Crippen LogP contribution in [0.25, 0.3) is 0 Å². The number of aliphatic hydroxyl groups is 1. The number of benzene rings is 2. The molecule has 2 aromatic carbocycles. The van der Waals surface area contributed by atoms with Crippen molar-refractivity contribution >= 4 is 5.78 Å². The normalized spacial score (nSPS) is 14.1. The minimum Gasteiger partial charge on any atom is -0.387 e. The predicted octanol–water partition coefficient (Wildman–Crippen LogP) is 4.27. The first-order chi connectivity index (χ1) is 11.8. The van der Waals surface area contributed by atoms with Gasteiger partial charge in [0.25, 0.3) is 0 Å². The van der Waals surface area contributed by atoms with Crippen LogP contribution < -0.4 is 5.32 Å². The van der Waals surface area contributed by atoms with E-state index in [9.17, 15) is 9.90 Å². The highest BCUT2D eigenvalue weighted by atomic mass is 16.3. The van der Waals surface area contributed by atoms with E-state index in [2.05, 4.69) is 26.1 Å². The van der Waals surface area contributed by atoms with Crippen molar-refractivity contribution in [1.29, 1.82) is 0 Å². The number of hydrogen-bond donors (Lipinski definition) is 2. The Kier molecular flexibility index (Phi) is 6.51. The van der Waals surface area contributed by atoms with Crippen LogP contribution >= 0.6 is 0 Å². The fourth-order valence-electron chi connectivity index (χ4n) is 2.76. The van der Waals surface area contributed by atoms with Gasteiger partial charge in [-0.15, -0.1) is 0 Å². The summed E-state index contributed by atoms with van der Waals surface area (Å²) in [5.41, 5.74) is 2.94. The third kappa shape index (κ3) is 5.52. The standard InChI is InChI=1S/C22H29NO2/c1-16(21(25)18-8-6-5-7-9-18)23-15-14-20(24)17-10-12-19(13-11-17)22(2,3)4/h5-13,16,21,23,25H,14-15H2,1-4H3. The van der Waals surface area contributed by atoms with Crippen molar-refractivity contribution in [1.82, 2.24) is 5.32 Å². The predicted molar refractivity (Wildman–Crippen MR) is 103 cm³/mol. The molecule has 3 heteroatoms. The molecule has 2 N–H and O–H groups in total. The molecule has 0 fully saturated rings. The number of ketones is 1. The van der Waals surface area contributed by atoms with Crippen LogP contribution in [0.1, 0.15) is 61.7 Å². The molecule has 0 saturated carbocycles. The van der Waals surface area contributed by atoms with Crippen molar-refractivity contribution in [3.05, 3.63) is 71.3 Å². The van der Waals surface area contributed by atoms with Crippen LogP contribution in [0.2, 0.25) is 0 Å². The van der Waals surface area contributed by atoms with Gasteiger partial charge in [0.05, 0.1) is 6.10 Å². The van der Waals surface area contributed by atoms with E-state index in [-0.39, 0.29) is 17.2 Å². The Labute approximate surface area is 151 Å². The monoisotopic (exact) mass is 339 g/mol. The molecule has 0 amide bonds. The minimum atomic E-state index is -0.581. The van der Waals surface area contributed by atoms with Gasteiger partial charge in [-0.1, -0.05) is 75.4 Å². The number of rotatable bonds is 7. The van der Waals surface area contributed by atoms with Crippen LogP contribution in [0.15, 0.2) is 54.6 Å². The van der Waals surface area contributed by atoms with Gasteiger partial charge >= 0.3 is 0 Å². The van der Waals surface area contributed by atoms with Crippen LogP contribution in [0.3, 0.4) is 0 Å². The number of aliphatic hydroxyl groups excluding tert-OH is 1. The highest BCUT2D eigenvalue weighted by Crippen LogP contribution is 2.22. The number of hydrogen-bond acceptors (Lipinski definition) is 3. The maximum absolute atomic E-state index is 12.3. The summed E-state index contributed by atoms with van der Waals surface area (Å²) in [6.45, 7) is 8.96. The molecule has 0 saturated heterocycles. The molecular formula is C22H29NO2. The molecule has 25 heavy (non-hydrogen) atoms. The smallest absolute Gasteiger partial charge is 0.164 e. The van der Waals surface area contributed by atoms with Gasteiger partial charge in [-0.2, -0.15) is 0 Å². The third-order valence-electron chi connectivity index (χ3n) is 4.51. The van der Waals surface area contributed by atoms with Gasteiger partial charge in [0, 0.05) is 24.6 Å². The molecule has 0 spiro atoms. The third-order valence-corrected chi connectivity index (χ3v) is 4.51. The molecule has 0 aliphatic heterocycles. The van der Waals surface area contributed by atoms with E-state index in [0.29, 0.717) is 13.0 Å². The lowest BCUT2D eigenvalue weighted by molar-refractivity contribution is 0.0972. The molecule has 2 rings (SSSR count). The molecule has 0 bridgehead atoms. The Morgan fingerprint density at radius 1 is 1.04 bits per heavy atom. The molecule has 134 valence electrons. The van der Waals surface area contributed by atoms with Crippen molar-refractivity contribution in [3.8, 4) is 0 Å². The number of nitrogens with one attached hydrogen (secondary N) is 1. The maximum Gasteiger partial charge on any atom is 0.164 e. The second-order valence-electron chi connectivity index (χ2n) is 7.60. The van der Waals surface area contributed by atoms with E-state index in [0.717, 1.165) is 11.1 Å². The molecule has 3 nitrogen and oxygen atoms in total. The minimum absolute atomic E-state index is 0.0894. The van der Waals surface area contributed by atoms with Gasteiger partial charge in [-0.25, -0.2) is 0 Å². The summed E-state index contributed by atoms with van der Waals surface area (Å²) in [6, 6.07) is 17.3. The van der Waals surface area contributed by atoms with Crippen LogP contribution in [0, 0.1) is 0 Å². The average molecular weight is 339 g/mol. The summed E-state index contributed by atoms with van der Waals surface area (Å²) in [6.07, 6.45) is -0.164. The van der Waals surface area contributed by atoms with Crippen LogP contribution in [0.5, 0.6) is 0 Å². The zero-order valence-corrected chi connectivity index (χ0v) is 15.6. The van der Waals surface area contributed by atoms with E-state index in [1.807, 2.05) is 61.5 Å². The highest BCUT2D eigenvalue weighted by molar-refractivity contribution is 5.96. The lowest BCUT2D eigenvalue weighted by Crippen LogP contribution is -2.33. The van der Waals surface area contributed by atoms with Crippen molar-refractivity contribution in [2.75, 3.05) is 6.54 Å². The molecule has 0 aromatic heterocycles. The molecule has 0 radical (unpaired) electrons. The first kappa shape index (κ1) is 19.4. The topological polar surface area (TPSA) is 49.3 Å².